The summed E-state index contributed by atoms with van der Waals surface area (Å²) in [5, 5.41) is 2.93. The van der Waals surface area contributed by atoms with E-state index < -0.39 is 69.2 Å². The van der Waals surface area contributed by atoms with Crippen LogP contribution in [0.3, 0.4) is 0 Å². The molecule has 8 nitrogen and oxygen atoms in total. The molecule has 0 spiro atoms. The lowest BCUT2D eigenvalue weighted by Gasteiger charge is -2.35. The fraction of sp³-hybridized carbons (Fsp3) is 0.625. The fourth-order valence-corrected chi connectivity index (χ4v) is 5.55. The molecule has 0 heterocycles. The van der Waals surface area contributed by atoms with Gasteiger partial charge in [0.05, 0.1) is 11.5 Å². The third-order valence-corrected chi connectivity index (χ3v) is 8.00. The van der Waals surface area contributed by atoms with Crippen molar-refractivity contribution in [1.29, 1.82) is 0 Å². The lowest BCUT2D eigenvalue weighted by molar-refractivity contribution is -0.178. The Morgan fingerprint density at radius 1 is 1.08 bits per heavy atom. The second-order valence-electron chi connectivity index (χ2n) is 9.64. The van der Waals surface area contributed by atoms with Crippen molar-refractivity contribution in [2.24, 2.45) is 5.92 Å². The summed E-state index contributed by atoms with van der Waals surface area (Å²) in [6, 6.07) is -0.912. The molecule has 3 rings (SSSR count). The molecule has 2 N–H and O–H groups in total. The quantitative estimate of drug-likeness (QED) is 0.210. The van der Waals surface area contributed by atoms with Gasteiger partial charge in [-0.3, -0.25) is 19.4 Å². The lowest BCUT2D eigenvalue weighted by Crippen LogP contribution is -2.58. The molecule has 0 radical (unpaired) electrons. The summed E-state index contributed by atoms with van der Waals surface area (Å²) in [6.07, 6.45) is -2.71. The molecule has 2 aliphatic rings. The average molecular weight is 550 g/mol. The van der Waals surface area contributed by atoms with Crippen molar-refractivity contribution in [2.75, 3.05) is 11.5 Å². The molecule has 0 bridgehead atoms. The molecular formula is C24H31F4N3O5S. The van der Waals surface area contributed by atoms with E-state index in [0.29, 0.717) is 17.9 Å². The Balaban J connectivity index is 1.90. The van der Waals surface area contributed by atoms with Crippen LogP contribution in [0.2, 0.25) is 0 Å². The SMILES string of the molecule is CCC[C@@H](C(=O)C(=O)NC1CC1)N(N[C@@H](c1ccc(F)cc1)C(F)(F)F)C(=O)CCS(=O)(=O)CC1CC1. The van der Waals surface area contributed by atoms with Crippen LogP contribution in [0.25, 0.3) is 0 Å². The van der Waals surface area contributed by atoms with Gasteiger partial charge in [0.25, 0.3) is 5.91 Å². The number of nitrogens with zero attached hydrogens (tertiary/aromatic N) is 1. The van der Waals surface area contributed by atoms with Gasteiger partial charge in [-0.05, 0) is 55.7 Å². The number of sulfone groups is 1. The highest BCUT2D eigenvalue weighted by atomic mass is 32.2. The van der Waals surface area contributed by atoms with Gasteiger partial charge in [0.2, 0.25) is 11.7 Å². The van der Waals surface area contributed by atoms with E-state index >= 15 is 0 Å². The molecule has 2 saturated carbocycles. The van der Waals surface area contributed by atoms with Crippen LogP contribution in [0.4, 0.5) is 17.6 Å². The molecule has 2 atom stereocenters. The van der Waals surface area contributed by atoms with Gasteiger partial charge in [0.15, 0.2) is 9.84 Å². The third kappa shape index (κ3) is 8.77. The minimum Gasteiger partial charge on any atom is -0.347 e. The molecule has 0 unspecified atom stereocenters. The Morgan fingerprint density at radius 3 is 2.22 bits per heavy atom. The summed E-state index contributed by atoms with van der Waals surface area (Å²) >= 11 is 0. The molecular weight excluding hydrogens is 518 g/mol. The molecule has 206 valence electrons. The van der Waals surface area contributed by atoms with E-state index in [0.717, 1.165) is 37.1 Å². The minimum atomic E-state index is -4.98. The van der Waals surface area contributed by atoms with E-state index in [4.69, 9.17) is 0 Å². The maximum absolute atomic E-state index is 14.1. The van der Waals surface area contributed by atoms with Crippen molar-refractivity contribution < 1.29 is 40.4 Å². The zero-order valence-electron chi connectivity index (χ0n) is 20.4. The number of nitrogens with one attached hydrogen (secondary N) is 2. The number of amides is 2. The van der Waals surface area contributed by atoms with Crippen molar-refractivity contribution >= 4 is 27.4 Å². The Kier molecular flexibility index (Phi) is 9.32. The highest BCUT2D eigenvalue weighted by Crippen LogP contribution is 2.34. The summed E-state index contributed by atoms with van der Waals surface area (Å²) < 4.78 is 80.4. The van der Waals surface area contributed by atoms with E-state index in [1.807, 2.05) is 5.43 Å². The van der Waals surface area contributed by atoms with Gasteiger partial charge in [0, 0.05) is 12.5 Å². The Bertz CT molecular complexity index is 1090. The number of hydrogen-bond acceptors (Lipinski definition) is 6. The molecule has 1 aromatic carbocycles. The number of ketones is 1. The van der Waals surface area contributed by atoms with Gasteiger partial charge in [0.1, 0.15) is 17.9 Å². The smallest absolute Gasteiger partial charge is 0.347 e. The predicted molar refractivity (Wildman–Crippen MR) is 126 cm³/mol. The van der Waals surface area contributed by atoms with Crippen molar-refractivity contribution in [3.05, 3.63) is 35.6 Å². The van der Waals surface area contributed by atoms with Crippen molar-refractivity contribution in [3.8, 4) is 0 Å². The maximum Gasteiger partial charge on any atom is 0.409 e. The van der Waals surface area contributed by atoms with Crippen LogP contribution in [0.1, 0.15) is 63.5 Å². The van der Waals surface area contributed by atoms with Gasteiger partial charge < -0.3 is 5.32 Å². The molecule has 2 fully saturated rings. The number of hydrogen-bond donors (Lipinski definition) is 2. The number of hydrazine groups is 1. The normalized spacial score (nSPS) is 17.6. The molecule has 0 aliphatic heterocycles. The number of carbonyl (C=O) groups is 3. The van der Waals surface area contributed by atoms with Gasteiger partial charge in [-0.15, -0.1) is 0 Å². The monoisotopic (exact) mass is 549 g/mol. The summed E-state index contributed by atoms with van der Waals surface area (Å²) in [5.41, 5.74) is 1.62. The number of Topliss-reactive ketones (excluding diaryl/α,β-unsaturated/α-hetero) is 1. The van der Waals surface area contributed by atoms with Crippen molar-refractivity contribution in [1.82, 2.24) is 15.8 Å². The zero-order chi connectivity index (χ0) is 27.4. The predicted octanol–water partition coefficient (Wildman–Crippen LogP) is 2.99. The maximum atomic E-state index is 14.1. The molecule has 13 heteroatoms. The highest BCUT2D eigenvalue weighted by molar-refractivity contribution is 7.91. The fourth-order valence-electron chi connectivity index (χ4n) is 3.84. The lowest BCUT2D eigenvalue weighted by atomic mass is 10.0. The van der Waals surface area contributed by atoms with Crippen molar-refractivity contribution in [2.45, 2.75) is 76.2 Å². The first-order chi connectivity index (χ1) is 17.3. The van der Waals surface area contributed by atoms with Crippen LogP contribution < -0.4 is 10.7 Å². The third-order valence-electron chi connectivity index (χ3n) is 6.19. The molecule has 0 saturated heterocycles. The first-order valence-corrected chi connectivity index (χ1v) is 14.1. The van der Waals surface area contributed by atoms with E-state index in [-0.39, 0.29) is 30.6 Å². The van der Waals surface area contributed by atoms with Gasteiger partial charge in [-0.25, -0.2) is 18.2 Å². The number of carbonyl (C=O) groups excluding carboxylic acids is 3. The summed E-state index contributed by atoms with van der Waals surface area (Å²) in [5.74, 6) is -4.66. The Morgan fingerprint density at radius 2 is 1.70 bits per heavy atom. The van der Waals surface area contributed by atoms with E-state index in [1.165, 1.54) is 0 Å². The molecule has 37 heavy (non-hydrogen) atoms. The first-order valence-electron chi connectivity index (χ1n) is 12.3. The minimum absolute atomic E-state index is 0.0166. The van der Waals surface area contributed by atoms with Gasteiger partial charge in [-0.1, -0.05) is 25.5 Å². The van der Waals surface area contributed by atoms with Gasteiger partial charge >= 0.3 is 6.18 Å². The van der Waals surface area contributed by atoms with E-state index in [9.17, 15) is 40.4 Å². The number of halogens is 4. The second-order valence-corrected chi connectivity index (χ2v) is 11.9. The topological polar surface area (TPSA) is 113 Å². The Hall–Kier alpha value is -2.54. The summed E-state index contributed by atoms with van der Waals surface area (Å²) in [4.78, 5) is 38.7. The van der Waals surface area contributed by atoms with Gasteiger partial charge in [-0.2, -0.15) is 13.2 Å². The van der Waals surface area contributed by atoms with Crippen LogP contribution >= 0.6 is 0 Å². The number of benzene rings is 1. The number of alkyl halides is 3. The van der Waals surface area contributed by atoms with E-state index in [1.54, 1.807) is 6.92 Å². The average Bonchev–Trinajstić information content (AvgIpc) is 3.74. The standard InChI is InChI=1S/C24H31F4N3O5S/c1-2-3-19(21(33)23(34)29-18-10-11-18)31(20(32)12-13-37(35,36)14-15-4-5-15)30-22(24(26,27)28)16-6-8-17(25)9-7-16/h6-9,15,18-19,22,30H,2-5,10-14H2,1H3,(H,29,34)/t19-,22-/m0/s1. The highest BCUT2D eigenvalue weighted by Gasteiger charge is 2.45. The second kappa shape index (κ2) is 11.9. The van der Waals surface area contributed by atoms with Crippen LogP contribution in [0.15, 0.2) is 24.3 Å². The summed E-state index contributed by atoms with van der Waals surface area (Å²) in [6.45, 7) is 1.63. The molecule has 2 amide bonds. The molecule has 1 aromatic rings. The Labute approximate surface area is 213 Å². The zero-order valence-corrected chi connectivity index (χ0v) is 21.2. The molecule has 0 aromatic heterocycles. The van der Waals surface area contributed by atoms with E-state index in [2.05, 4.69) is 5.32 Å². The van der Waals surface area contributed by atoms with Crippen molar-refractivity contribution in [3.63, 3.8) is 0 Å². The molecule has 2 aliphatic carbocycles. The summed E-state index contributed by atoms with van der Waals surface area (Å²) in [7, 11) is -3.65. The largest absolute Gasteiger partial charge is 0.409 e. The van der Waals surface area contributed by atoms with Crippen LogP contribution in [-0.2, 0) is 24.2 Å². The van der Waals surface area contributed by atoms with Crippen LogP contribution in [0, 0.1) is 11.7 Å². The number of rotatable bonds is 14. The first kappa shape index (κ1) is 29.0. The van der Waals surface area contributed by atoms with Crippen LogP contribution in [-0.4, -0.2) is 60.8 Å². The van der Waals surface area contributed by atoms with Crippen LogP contribution in [0.5, 0.6) is 0 Å².